The Balaban J connectivity index is 2.64. The van der Waals surface area contributed by atoms with Gasteiger partial charge in [-0.2, -0.15) is 4.31 Å². The Morgan fingerprint density at radius 1 is 1.38 bits per heavy atom. The first-order valence-electron chi connectivity index (χ1n) is 5.38. The first-order chi connectivity index (χ1) is 7.21. The standard InChI is InChI=1S/C10H19NO3SSi/c1-16(2,3)8-7-15(13,14)11-6-4-5-10(12)9-11/h4-5H,6-9H2,1-3H3. The molecule has 0 amide bonds. The van der Waals surface area contributed by atoms with Crippen molar-refractivity contribution in [2.75, 3.05) is 18.8 Å². The third kappa shape index (κ3) is 4.19. The molecule has 0 unspecified atom stereocenters. The number of hydrogen-bond acceptors (Lipinski definition) is 3. The summed E-state index contributed by atoms with van der Waals surface area (Å²) >= 11 is 0. The van der Waals surface area contributed by atoms with E-state index in [0.29, 0.717) is 6.54 Å². The van der Waals surface area contributed by atoms with Crippen LogP contribution in [0.1, 0.15) is 0 Å². The van der Waals surface area contributed by atoms with Crippen molar-refractivity contribution in [3.63, 3.8) is 0 Å². The molecule has 1 aliphatic rings. The van der Waals surface area contributed by atoms with Gasteiger partial charge in [-0.05, 0) is 12.1 Å². The molecule has 1 aliphatic heterocycles. The molecule has 0 aromatic rings. The van der Waals surface area contributed by atoms with Crippen molar-refractivity contribution in [3.05, 3.63) is 12.2 Å². The highest BCUT2D eigenvalue weighted by molar-refractivity contribution is 7.89. The van der Waals surface area contributed by atoms with E-state index in [2.05, 4.69) is 19.6 Å². The summed E-state index contributed by atoms with van der Waals surface area (Å²) < 4.78 is 25.2. The SMILES string of the molecule is C[Si](C)(C)CCS(=O)(=O)N1CC=CC(=O)C1. The van der Waals surface area contributed by atoms with Crippen LogP contribution < -0.4 is 0 Å². The number of rotatable bonds is 4. The van der Waals surface area contributed by atoms with E-state index in [1.54, 1.807) is 6.08 Å². The molecule has 0 saturated carbocycles. The van der Waals surface area contributed by atoms with Crippen molar-refractivity contribution >= 4 is 23.9 Å². The van der Waals surface area contributed by atoms with Gasteiger partial charge in [-0.25, -0.2) is 8.42 Å². The Hall–Kier alpha value is -0.463. The molecule has 1 heterocycles. The molecular weight excluding hydrogens is 242 g/mol. The van der Waals surface area contributed by atoms with Crippen LogP contribution >= 0.6 is 0 Å². The number of nitrogens with zero attached hydrogens (tertiary/aromatic N) is 1. The highest BCUT2D eigenvalue weighted by Gasteiger charge is 2.27. The summed E-state index contributed by atoms with van der Waals surface area (Å²) in [6.07, 6.45) is 3.06. The topological polar surface area (TPSA) is 54.5 Å². The van der Waals surface area contributed by atoms with E-state index in [1.807, 2.05) is 0 Å². The molecule has 16 heavy (non-hydrogen) atoms. The second-order valence-electron chi connectivity index (χ2n) is 5.29. The van der Waals surface area contributed by atoms with Gasteiger partial charge in [-0.15, -0.1) is 0 Å². The van der Waals surface area contributed by atoms with Gasteiger partial charge in [0.1, 0.15) is 0 Å². The lowest BCUT2D eigenvalue weighted by Crippen LogP contribution is -2.40. The van der Waals surface area contributed by atoms with Crippen LogP contribution in [0.2, 0.25) is 25.7 Å². The third-order valence-electron chi connectivity index (χ3n) is 2.45. The minimum Gasteiger partial charge on any atom is -0.293 e. The Bertz CT molecular complexity index is 395. The average Bonchev–Trinajstić information content (AvgIpc) is 2.14. The van der Waals surface area contributed by atoms with E-state index in [-0.39, 0.29) is 18.1 Å². The van der Waals surface area contributed by atoms with Crippen LogP contribution in [0.15, 0.2) is 12.2 Å². The molecule has 1 rings (SSSR count). The maximum atomic E-state index is 11.9. The smallest absolute Gasteiger partial charge is 0.214 e. The lowest BCUT2D eigenvalue weighted by Gasteiger charge is -2.24. The fourth-order valence-corrected chi connectivity index (χ4v) is 5.75. The molecule has 0 fully saturated rings. The van der Waals surface area contributed by atoms with Crippen LogP contribution in [0.5, 0.6) is 0 Å². The molecule has 6 heteroatoms. The number of carbonyl (C=O) groups is 1. The fourth-order valence-electron chi connectivity index (χ4n) is 1.37. The Kier molecular flexibility index (Phi) is 4.09. The van der Waals surface area contributed by atoms with Crippen molar-refractivity contribution in [1.82, 2.24) is 4.31 Å². The molecule has 0 bridgehead atoms. The van der Waals surface area contributed by atoms with E-state index in [1.165, 1.54) is 10.4 Å². The summed E-state index contributed by atoms with van der Waals surface area (Å²) in [5.74, 6) is 0.0342. The van der Waals surface area contributed by atoms with Gasteiger partial charge in [0.05, 0.1) is 12.3 Å². The molecule has 0 radical (unpaired) electrons. The van der Waals surface area contributed by atoms with Gasteiger partial charge in [0.2, 0.25) is 10.0 Å². The molecule has 0 spiro atoms. The summed E-state index contributed by atoms with van der Waals surface area (Å²) in [5, 5.41) is 0. The monoisotopic (exact) mass is 261 g/mol. The Labute approximate surface area is 98.4 Å². The van der Waals surface area contributed by atoms with Gasteiger partial charge < -0.3 is 0 Å². The largest absolute Gasteiger partial charge is 0.293 e. The van der Waals surface area contributed by atoms with Crippen LogP contribution in [0, 0.1) is 0 Å². The first-order valence-corrected chi connectivity index (χ1v) is 10.7. The summed E-state index contributed by atoms with van der Waals surface area (Å²) in [7, 11) is -4.61. The summed E-state index contributed by atoms with van der Waals surface area (Å²) in [5.41, 5.74) is 0. The highest BCUT2D eigenvalue weighted by Crippen LogP contribution is 2.14. The fraction of sp³-hybridized carbons (Fsp3) is 0.700. The van der Waals surface area contributed by atoms with E-state index in [9.17, 15) is 13.2 Å². The van der Waals surface area contributed by atoms with Gasteiger partial charge in [-0.1, -0.05) is 25.7 Å². The van der Waals surface area contributed by atoms with Crippen LogP contribution in [0.4, 0.5) is 0 Å². The van der Waals surface area contributed by atoms with Crippen LogP contribution in [-0.2, 0) is 14.8 Å². The zero-order chi connectivity index (χ0) is 12.4. The molecule has 0 saturated heterocycles. The molecule has 4 nitrogen and oxygen atoms in total. The van der Waals surface area contributed by atoms with E-state index in [0.717, 1.165) is 6.04 Å². The Morgan fingerprint density at radius 3 is 2.50 bits per heavy atom. The Morgan fingerprint density at radius 2 is 2.00 bits per heavy atom. The predicted molar refractivity (Wildman–Crippen MR) is 67.7 cm³/mol. The van der Waals surface area contributed by atoms with Crippen molar-refractivity contribution in [3.8, 4) is 0 Å². The minimum absolute atomic E-state index is 0.00450. The molecular formula is C10H19NO3SSi. The van der Waals surface area contributed by atoms with E-state index in [4.69, 9.17) is 0 Å². The van der Waals surface area contributed by atoms with Crippen LogP contribution in [-0.4, -0.2) is 45.4 Å². The molecule has 0 aliphatic carbocycles. The quantitative estimate of drug-likeness (QED) is 0.712. The van der Waals surface area contributed by atoms with Crippen molar-refractivity contribution < 1.29 is 13.2 Å². The lowest BCUT2D eigenvalue weighted by molar-refractivity contribution is -0.115. The average molecular weight is 261 g/mol. The molecule has 0 aromatic heterocycles. The molecule has 92 valence electrons. The number of carbonyl (C=O) groups excluding carboxylic acids is 1. The van der Waals surface area contributed by atoms with Crippen molar-refractivity contribution in [1.29, 1.82) is 0 Å². The van der Waals surface area contributed by atoms with Gasteiger partial charge >= 0.3 is 0 Å². The molecule has 0 atom stereocenters. The van der Waals surface area contributed by atoms with Gasteiger partial charge in [0.25, 0.3) is 0 Å². The normalized spacial score (nSPS) is 19.1. The highest BCUT2D eigenvalue weighted by atomic mass is 32.2. The maximum absolute atomic E-state index is 11.9. The van der Waals surface area contributed by atoms with E-state index >= 15 is 0 Å². The minimum atomic E-state index is -3.25. The lowest BCUT2D eigenvalue weighted by atomic mass is 10.3. The van der Waals surface area contributed by atoms with E-state index < -0.39 is 18.1 Å². The number of ketones is 1. The number of hydrogen-bond donors (Lipinski definition) is 0. The van der Waals surface area contributed by atoms with Crippen molar-refractivity contribution in [2.45, 2.75) is 25.7 Å². The van der Waals surface area contributed by atoms with Crippen molar-refractivity contribution in [2.24, 2.45) is 0 Å². The van der Waals surface area contributed by atoms with Gasteiger partial charge in [-0.3, -0.25) is 4.79 Å². The zero-order valence-corrected chi connectivity index (χ0v) is 11.9. The van der Waals surface area contributed by atoms with Gasteiger partial charge in [0, 0.05) is 14.6 Å². The molecule has 0 aromatic carbocycles. The predicted octanol–water partition coefficient (Wildman–Crippen LogP) is 1.10. The summed E-state index contributed by atoms with van der Waals surface area (Å²) in [6, 6.07) is 0.740. The zero-order valence-electron chi connectivity index (χ0n) is 10.1. The first kappa shape index (κ1) is 13.6. The molecule has 0 N–H and O–H groups in total. The second kappa shape index (κ2) is 4.81. The maximum Gasteiger partial charge on any atom is 0.214 e. The van der Waals surface area contributed by atoms with Crippen LogP contribution in [0.25, 0.3) is 0 Å². The summed E-state index contributed by atoms with van der Waals surface area (Å²) in [4.78, 5) is 11.1. The second-order valence-corrected chi connectivity index (χ2v) is 13.0. The van der Waals surface area contributed by atoms with Gasteiger partial charge in [0.15, 0.2) is 5.78 Å². The summed E-state index contributed by atoms with van der Waals surface area (Å²) in [6.45, 7) is 6.77. The third-order valence-corrected chi connectivity index (χ3v) is 6.35. The van der Waals surface area contributed by atoms with Crippen LogP contribution in [0.3, 0.4) is 0 Å². The number of sulfonamides is 1.